The third-order valence-electron chi connectivity index (χ3n) is 2.65. The molecule has 0 amide bonds. The summed E-state index contributed by atoms with van der Waals surface area (Å²) in [6.45, 7) is 1.57. The molecule has 0 aliphatic carbocycles. The highest BCUT2D eigenvalue weighted by atomic mass is 35.5. The van der Waals surface area contributed by atoms with Gasteiger partial charge in [-0.3, -0.25) is 0 Å². The zero-order valence-electron chi connectivity index (χ0n) is 9.20. The highest BCUT2D eigenvalue weighted by Crippen LogP contribution is 2.30. The van der Waals surface area contributed by atoms with Gasteiger partial charge in [0, 0.05) is 12.0 Å². The van der Waals surface area contributed by atoms with Crippen molar-refractivity contribution in [2.24, 2.45) is 5.16 Å². The Hall–Kier alpha value is -1.33. The van der Waals surface area contributed by atoms with Gasteiger partial charge in [0.15, 0.2) is 5.60 Å². The number of oxime groups is 1. The van der Waals surface area contributed by atoms with Gasteiger partial charge in [-0.25, -0.2) is 4.39 Å². The summed E-state index contributed by atoms with van der Waals surface area (Å²) in [7, 11) is 0. The Morgan fingerprint density at radius 3 is 2.94 bits per heavy atom. The molecule has 17 heavy (non-hydrogen) atoms. The van der Waals surface area contributed by atoms with E-state index in [0.717, 1.165) is 6.07 Å². The highest BCUT2D eigenvalue weighted by Gasteiger charge is 2.34. The van der Waals surface area contributed by atoms with E-state index in [1.807, 2.05) is 0 Å². The molecule has 0 aromatic heterocycles. The first-order valence-corrected chi connectivity index (χ1v) is 5.44. The van der Waals surface area contributed by atoms with E-state index in [0.29, 0.717) is 17.7 Å². The first kappa shape index (κ1) is 12.1. The van der Waals surface area contributed by atoms with Gasteiger partial charge in [0.25, 0.3) is 0 Å². The van der Waals surface area contributed by atoms with E-state index >= 15 is 0 Å². The number of nitrogens with zero attached hydrogens (tertiary/aromatic N) is 1. The molecule has 92 valence electrons. The van der Waals surface area contributed by atoms with Crippen molar-refractivity contribution in [3.8, 4) is 0 Å². The van der Waals surface area contributed by atoms with Crippen LogP contribution in [0.5, 0.6) is 0 Å². The maximum absolute atomic E-state index is 13.1. The second-order valence-electron chi connectivity index (χ2n) is 4.27. The van der Waals surface area contributed by atoms with Crippen molar-refractivity contribution in [3.63, 3.8) is 0 Å². The summed E-state index contributed by atoms with van der Waals surface area (Å²) in [5.74, 6) is -0.566. The summed E-state index contributed by atoms with van der Waals surface area (Å²) in [6, 6.07) is 2.56. The average molecular weight is 259 g/mol. The van der Waals surface area contributed by atoms with Crippen LogP contribution in [0.25, 0.3) is 0 Å². The predicted molar refractivity (Wildman–Crippen MR) is 63.6 cm³/mol. The summed E-state index contributed by atoms with van der Waals surface area (Å²) in [5.41, 5.74) is 5.82. The van der Waals surface area contributed by atoms with Gasteiger partial charge in [0.05, 0.1) is 23.0 Å². The Morgan fingerprint density at radius 2 is 2.35 bits per heavy atom. The second kappa shape index (κ2) is 4.16. The lowest BCUT2D eigenvalue weighted by molar-refractivity contribution is -0.0428. The quantitative estimate of drug-likeness (QED) is 0.797. The van der Waals surface area contributed by atoms with Crippen molar-refractivity contribution in [2.45, 2.75) is 18.9 Å². The molecular weight excluding hydrogens is 247 g/mol. The van der Waals surface area contributed by atoms with Gasteiger partial charge >= 0.3 is 0 Å². The molecule has 4 nitrogen and oxygen atoms in total. The Bertz CT molecular complexity index is 493. The van der Waals surface area contributed by atoms with Crippen molar-refractivity contribution in [3.05, 3.63) is 28.5 Å². The van der Waals surface area contributed by atoms with Crippen LogP contribution >= 0.6 is 11.6 Å². The lowest BCUT2D eigenvalue weighted by atomic mass is 9.96. The first-order chi connectivity index (χ1) is 7.95. The van der Waals surface area contributed by atoms with E-state index in [2.05, 4.69) is 5.16 Å². The van der Waals surface area contributed by atoms with E-state index in [9.17, 15) is 4.39 Å². The molecule has 0 saturated carbocycles. The van der Waals surface area contributed by atoms with E-state index in [1.54, 1.807) is 6.92 Å². The van der Waals surface area contributed by atoms with Gasteiger partial charge in [-0.05, 0) is 19.1 Å². The Labute approximate surface area is 103 Å². The summed E-state index contributed by atoms with van der Waals surface area (Å²) in [6.07, 6.45) is 0.397. The molecule has 1 atom stereocenters. The Balaban J connectivity index is 2.34. The maximum atomic E-state index is 13.1. The number of rotatable bonds is 2. The summed E-state index contributed by atoms with van der Waals surface area (Å²) in [4.78, 5) is 5.13. The molecular formula is C11H12ClFN2O2. The van der Waals surface area contributed by atoms with Crippen LogP contribution in [0.2, 0.25) is 5.02 Å². The molecule has 1 heterocycles. The molecule has 1 aliphatic rings. The van der Waals surface area contributed by atoms with Crippen molar-refractivity contribution in [1.29, 1.82) is 0 Å². The van der Waals surface area contributed by atoms with Crippen LogP contribution in [-0.2, 0) is 4.84 Å². The number of benzene rings is 1. The van der Waals surface area contributed by atoms with Gasteiger partial charge in [-0.15, -0.1) is 0 Å². The monoisotopic (exact) mass is 258 g/mol. The summed E-state index contributed by atoms with van der Waals surface area (Å²) >= 11 is 5.92. The molecule has 0 radical (unpaired) electrons. The fraction of sp³-hybridized carbons (Fsp3) is 0.364. The van der Waals surface area contributed by atoms with Crippen LogP contribution in [0, 0.1) is 5.82 Å². The third-order valence-corrected chi connectivity index (χ3v) is 2.96. The highest BCUT2D eigenvalue weighted by molar-refractivity contribution is 6.34. The number of nitrogen functional groups attached to an aromatic ring is 1. The van der Waals surface area contributed by atoms with Crippen molar-refractivity contribution >= 4 is 23.0 Å². The minimum absolute atomic E-state index is 0.00435. The Kier molecular flexibility index (Phi) is 2.97. The van der Waals surface area contributed by atoms with E-state index in [4.69, 9.17) is 27.3 Å². The molecule has 0 spiro atoms. The number of halogens is 2. The number of hydrogen-bond acceptors (Lipinski definition) is 4. The number of aliphatic hydroxyl groups excluding tert-OH is 1. The SMILES string of the molecule is CC1(CO)CC(c2cc(N)c(F)cc2Cl)=NO1. The number of hydrogen-bond donors (Lipinski definition) is 2. The number of aliphatic hydroxyl groups is 1. The van der Waals surface area contributed by atoms with Crippen molar-refractivity contribution < 1.29 is 14.3 Å². The molecule has 0 fully saturated rings. The molecule has 0 saturated heterocycles. The zero-order chi connectivity index (χ0) is 12.6. The van der Waals surface area contributed by atoms with Gasteiger partial charge < -0.3 is 15.7 Å². The van der Waals surface area contributed by atoms with Crippen LogP contribution in [0.1, 0.15) is 18.9 Å². The molecule has 1 aliphatic heterocycles. The third kappa shape index (κ3) is 2.21. The van der Waals surface area contributed by atoms with Crippen LogP contribution < -0.4 is 5.73 Å². The molecule has 1 aromatic carbocycles. The van der Waals surface area contributed by atoms with E-state index < -0.39 is 11.4 Å². The smallest absolute Gasteiger partial charge is 0.163 e. The van der Waals surface area contributed by atoms with Gasteiger partial charge in [-0.1, -0.05) is 16.8 Å². The lowest BCUT2D eigenvalue weighted by Gasteiger charge is -2.17. The Morgan fingerprint density at radius 1 is 1.65 bits per heavy atom. The van der Waals surface area contributed by atoms with Gasteiger partial charge in [0.2, 0.25) is 0 Å². The molecule has 6 heteroatoms. The number of nitrogens with two attached hydrogens (primary N) is 1. The van der Waals surface area contributed by atoms with Crippen LogP contribution in [-0.4, -0.2) is 23.0 Å². The first-order valence-electron chi connectivity index (χ1n) is 5.06. The molecule has 2 rings (SSSR count). The van der Waals surface area contributed by atoms with Crippen molar-refractivity contribution in [2.75, 3.05) is 12.3 Å². The van der Waals surface area contributed by atoms with Crippen LogP contribution in [0.4, 0.5) is 10.1 Å². The normalized spacial score (nSPS) is 23.4. The average Bonchev–Trinajstić information content (AvgIpc) is 2.67. The topological polar surface area (TPSA) is 67.8 Å². The molecule has 0 bridgehead atoms. The fourth-order valence-corrected chi connectivity index (χ4v) is 1.86. The lowest BCUT2D eigenvalue weighted by Crippen LogP contribution is -2.29. The van der Waals surface area contributed by atoms with Gasteiger partial charge in [-0.2, -0.15) is 0 Å². The molecule has 1 aromatic rings. The van der Waals surface area contributed by atoms with Crippen molar-refractivity contribution in [1.82, 2.24) is 0 Å². The standard InChI is InChI=1S/C11H12ClFN2O2/c1-11(5-16)4-10(15-17-11)6-2-9(14)8(13)3-7(6)12/h2-3,16H,4-5,14H2,1H3. The van der Waals surface area contributed by atoms with Gasteiger partial charge in [0.1, 0.15) is 5.82 Å². The number of anilines is 1. The molecule has 3 N–H and O–H groups in total. The summed E-state index contributed by atoms with van der Waals surface area (Å²) in [5, 5.41) is 13.2. The maximum Gasteiger partial charge on any atom is 0.163 e. The minimum atomic E-state index is -0.748. The largest absolute Gasteiger partial charge is 0.396 e. The predicted octanol–water partition coefficient (Wildman–Crippen LogP) is 1.94. The van der Waals surface area contributed by atoms with E-state index in [-0.39, 0.29) is 17.3 Å². The van der Waals surface area contributed by atoms with E-state index in [1.165, 1.54) is 6.07 Å². The van der Waals surface area contributed by atoms with Crippen LogP contribution in [0.3, 0.4) is 0 Å². The second-order valence-corrected chi connectivity index (χ2v) is 4.67. The summed E-state index contributed by atoms with van der Waals surface area (Å²) < 4.78 is 13.1. The van der Waals surface area contributed by atoms with Crippen LogP contribution in [0.15, 0.2) is 17.3 Å². The zero-order valence-corrected chi connectivity index (χ0v) is 9.96. The molecule has 1 unspecified atom stereocenters. The minimum Gasteiger partial charge on any atom is -0.396 e. The fourth-order valence-electron chi connectivity index (χ4n) is 1.60.